The molecule has 84 valence electrons. The second-order valence-electron chi connectivity index (χ2n) is 4.68. The molecule has 2 atom stereocenters. The topological polar surface area (TPSA) is 12.0 Å². The van der Waals surface area contributed by atoms with E-state index in [9.17, 15) is 0 Å². The van der Waals surface area contributed by atoms with Crippen LogP contribution in [0.15, 0.2) is 12.1 Å². The molecule has 0 aliphatic heterocycles. The molecule has 1 nitrogen and oxygen atoms in total. The van der Waals surface area contributed by atoms with Crippen LogP contribution in [0.4, 0.5) is 0 Å². The molecule has 2 unspecified atom stereocenters. The van der Waals surface area contributed by atoms with Gasteiger partial charge in [-0.3, -0.25) is 0 Å². The number of benzene rings is 1. The SMILES string of the molecule is CNC(C)C(C)c1c(C)cc(C)cc1C. The molecule has 0 aliphatic rings. The molecule has 1 aromatic rings. The molecular weight excluding hydrogens is 182 g/mol. The van der Waals surface area contributed by atoms with Gasteiger partial charge >= 0.3 is 0 Å². The Kier molecular flexibility index (Phi) is 3.92. The Morgan fingerprint density at radius 3 is 1.87 bits per heavy atom. The van der Waals surface area contributed by atoms with Crippen molar-refractivity contribution in [3.8, 4) is 0 Å². The molecule has 15 heavy (non-hydrogen) atoms. The lowest BCUT2D eigenvalue weighted by molar-refractivity contribution is 0.520. The van der Waals surface area contributed by atoms with E-state index >= 15 is 0 Å². The van der Waals surface area contributed by atoms with Gasteiger partial charge in [0.15, 0.2) is 0 Å². The maximum atomic E-state index is 3.33. The van der Waals surface area contributed by atoms with Crippen molar-refractivity contribution in [2.24, 2.45) is 0 Å². The van der Waals surface area contributed by atoms with Crippen molar-refractivity contribution in [3.05, 3.63) is 34.4 Å². The number of hydrogen-bond acceptors (Lipinski definition) is 1. The minimum absolute atomic E-state index is 0.519. The molecule has 0 saturated heterocycles. The van der Waals surface area contributed by atoms with E-state index in [2.05, 4.69) is 52.1 Å². The van der Waals surface area contributed by atoms with Crippen molar-refractivity contribution >= 4 is 0 Å². The summed E-state index contributed by atoms with van der Waals surface area (Å²) in [7, 11) is 2.03. The molecule has 1 N–H and O–H groups in total. The lowest BCUT2D eigenvalue weighted by Crippen LogP contribution is -2.28. The summed E-state index contributed by atoms with van der Waals surface area (Å²) >= 11 is 0. The van der Waals surface area contributed by atoms with Gasteiger partial charge in [0.05, 0.1) is 0 Å². The normalized spacial score (nSPS) is 15.1. The van der Waals surface area contributed by atoms with Gasteiger partial charge < -0.3 is 5.32 Å². The first-order valence-electron chi connectivity index (χ1n) is 5.72. The predicted octanol–water partition coefficient (Wildman–Crippen LogP) is 3.32. The van der Waals surface area contributed by atoms with Crippen LogP contribution in [0.1, 0.15) is 42.0 Å². The first kappa shape index (κ1) is 12.3. The van der Waals surface area contributed by atoms with Crippen molar-refractivity contribution in [1.82, 2.24) is 5.32 Å². The molecule has 1 rings (SSSR count). The molecule has 0 heterocycles. The minimum atomic E-state index is 0.519. The van der Waals surface area contributed by atoms with Crippen molar-refractivity contribution in [2.45, 2.75) is 46.6 Å². The zero-order chi connectivity index (χ0) is 11.6. The van der Waals surface area contributed by atoms with Crippen LogP contribution in [0.3, 0.4) is 0 Å². The van der Waals surface area contributed by atoms with E-state index in [0.29, 0.717) is 12.0 Å². The second-order valence-corrected chi connectivity index (χ2v) is 4.68. The highest BCUT2D eigenvalue weighted by molar-refractivity contribution is 5.40. The minimum Gasteiger partial charge on any atom is -0.317 e. The van der Waals surface area contributed by atoms with E-state index in [-0.39, 0.29) is 0 Å². The third-order valence-corrected chi connectivity index (χ3v) is 3.40. The van der Waals surface area contributed by atoms with E-state index < -0.39 is 0 Å². The maximum Gasteiger partial charge on any atom is 0.0102 e. The van der Waals surface area contributed by atoms with Crippen LogP contribution in [0.25, 0.3) is 0 Å². The van der Waals surface area contributed by atoms with E-state index in [0.717, 1.165) is 0 Å². The molecule has 0 spiro atoms. The van der Waals surface area contributed by atoms with Gasteiger partial charge in [0.2, 0.25) is 0 Å². The van der Waals surface area contributed by atoms with Crippen molar-refractivity contribution in [2.75, 3.05) is 7.05 Å². The van der Waals surface area contributed by atoms with Gasteiger partial charge in [0, 0.05) is 6.04 Å². The summed E-state index contributed by atoms with van der Waals surface area (Å²) < 4.78 is 0. The van der Waals surface area contributed by atoms with E-state index in [1.807, 2.05) is 7.05 Å². The van der Waals surface area contributed by atoms with Gasteiger partial charge in [-0.05, 0) is 57.4 Å². The fourth-order valence-corrected chi connectivity index (χ4v) is 2.41. The fourth-order valence-electron chi connectivity index (χ4n) is 2.41. The Hall–Kier alpha value is -0.820. The van der Waals surface area contributed by atoms with Gasteiger partial charge in [-0.1, -0.05) is 24.6 Å². The maximum absolute atomic E-state index is 3.33. The van der Waals surface area contributed by atoms with Crippen molar-refractivity contribution in [1.29, 1.82) is 0 Å². The summed E-state index contributed by atoms with van der Waals surface area (Å²) in [5.74, 6) is 0.565. The van der Waals surface area contributed by atoms with Crippen LogP contribution >= 0.6 is 0 Å². The molecule has 0 fully saturated rings. The molecule has 0 radical (unpaired) electrons. The first-order chi connectivity index (χ1) is 6.97. The Morgan fingerprint density at radius 2 is 1.47 bits per heavy atom. The van der Waals surface area contributed by atoms with Gasteiger partial charge in [-0.15, -0.1) is 0 Å². The standard InChI is InChI=1S/C14H23N/c1-9-7-10(2)14(11(3)8-9)12(4)13(5)15-6/h7-8,12-13,15H,1-6H3. The largest absolute Gasteiger partial charge is 0.317 e. The highest BCUT2D eigenvalue weighted by atomic mass is 14.9. The Labute approximate surface area is 93.9 Å². The number of hydrogen-bond donors (Lipinski definition) is 1. The lowest BCUT2D eigenvalue weighted by Gasteiger charge is -2.24. The quantitative estimate of drug-likeness (QED) is 0.798. The summed E-state index contributed by atoms with van der Waals surface area (Å²) in [5, 5.41) is 3.33. The van der Waals surface area contributed by atoms with Gasteiger partial charge in [-0.2, -0.15) is 0 Å². The monoisotopic (exact) mass is 205 g/mol. The molecular formula is C14H23N. The highest BCUT2D eigenvalue weighted by Crippen LogP contribution is 2.27. The predicted molar refractivity (Wildman–Crippen MR) is 67.6 cm³/mol. The smallest absolute Gasteiger partial charge is 0.0102 e. The van der Waals surface area contributed by atoms with Crippen LogP contribution in [-0.2, 0) is 0 Å². The summed E-state index contributed by atoms with van der Waals surface area (Å²) in [6, 6.07) is 5.08. The fraction of sp³-hybridized carbons (Fsp3) is 0.571. The van der Waals surface area contributed by atoms with E-state index in [4.69, 9.17) is 0 Å². The summed E-state index contributed by atoms with van der Waals surface area (Å²) in [4.78, 5) is 0. The molecule has 0 aliphatic carbocycles. The van der Waals surface area contributed by atoms with Gasteiger partial charge in [-0.25, -0.2) is 0 Å². The highest BCUT2D eigenvalue weighted by Gasteiger charge is 2.16. The number of nitrogens with one attached hydrogen (secondary N) is 1. The zero-order valence-electron chi connectivity index (χ0n) is 10.8. The zero-order valence-corrected chi connectivity index (χ0v) is 10.8. The van der Waals surface area contributed by atoms with Crippen LogP contribution in [0, 0.1) is 20.8 Å². The molecule has 0 aromatic heterocycles. The van der Waals surface area contributed by atoms with Crippen LogP contribution in [0.2, 0.25) is 0 Å². The Bertz CT molecular complexity index is 318. The molecule has 0 saturated carbocycles. The molecule has 1 heteroatoms. The van der Waals surface area contributed by atoms with Crippen molar-refractivity contribution < 1.29 is 0 Å². The Morgan fingerprint density at radius 1 is 1.00 bits per heavy atom. The van der Waals surface area contributed by atoms with Gasteiger partial charge in [0.25, 0.3) is 0 Å². The average Bonchev–Trinajstić information content (AvgIpc) is 2.14. The van der Waals surface area contributed by atoms with E-state index in [1.165, 1.54) is 22.3 Å². The Balaban J connectivity index is 3.13. The van der Waals surface area contributed by atoms with Crippen LogP contribution < -0.4 is 5.32 Å². The second kappa shape index (κ2) is 4.80. The van der Waals surface area contributed by atoms with E-state index in [1.54, 1.807) is 0 Å². The van der Waals surface area contributed by atoms with Crippen molar-refractivity contribution in [3.63, 3.8) is 0 Å². The third-order valence-electron chi connectivity index (χ3n) is 3.40. The number of aryl methyl sites for hydroxylation is 3. The third kappa shape index (κ3) is 2.60. The first-order valence-corrected chi connectivity index (χ1v) is 5.72. The van der Waals surface area contributed by atoms with Crippen LogP contribution in [-0.4, -0.2) is 13.1 Å². The molecule has 0 bridgehead atoms. The van der Waals surface area contributed by atoms with Crippen LogP contribution in [0.5, 0.6) is 0 Å². The van der Waals surface area contributed by atoms with Gasteiger partial charge in [0.1, 0.15) is 0 Å². The lowest BCUT2D eigenvalue weighted by atomic mass is 9.86. The average molecular weight is 205 g/mol. The summed E-state index contributed by atoms with van der Waals surface area (Å²) in [6.07, 6.45) is 0. The summed E-state index contributed by atoms with van der Waals surface area (Å²) in [6.45, 7) is 11.1. The number of likely N-dealkylation sites (N-methyl/N-ethyl adjacent to an activating group) is 1. The molecule has 0 amide bonds. The summed E-state index contributed by atoms with van der Waals surface area (Å²) in [5.41, 5.74) is 5.70. The molecule has 1 aromatic carbocycles. The number of rotatable bonds is 3.